The van der Waals surface area contributed by atoms with Gasteiger partial charge in [-0.25, -0.2) is 0 Å². The summed E-state index contributed by atoms with van der Waals surface area (Å²) in [4.78, 5) is 11.1. The van der Waals surface area contributed by atoms with Gasteiger partial charge in [0.2, 0.25) is 6.79 Å². The lowest BCUT2D eigenvalue weighted by molar-refractivity contribution is -0.114. The van der Waals surface area contributed by atoms with Crippen LogP contribution in [-0.4, -0.2) is 12.6 Å². The molecule has 1 aromatic rings. The Morgan fingerprint density at radius 2 is 2.21 bits per heavy atom. The average Bonchev–Trinajstić information content (AvgIpc) is 2.64. The van der Waals surface area contributed by atoms with Crippen molar-refractivity contribution in [3.63, 3.8) is 0 Å². The van der Waals surface area contributed by atoms with Crippen LogP contribution in [0, 0.1) is 0 Å². The molecule has 0 saturated carbocycles. The third kappa shape index (κ3) is 1.62. The maximum Gasteiger partial charge on any atom is 0.231 e. The number of carbonyl (C=O) groups is 1. The molecule has 1 aliphatic heterocycles. The Bertz CT molecular complexity index is 382. The molecule has 0 atom stereocenters. The van der Waals surface area contributed by atoms with Crippen molar-refractivity contribution >= 4 is 5.78 Å². The van der Waals surface area contributed by atoms with E-state index in [2.05, 4.69) is 6.58 Å². The summed E-state index contributed by atoms with van der Waals surface area (Å²) in [5.41, 5.74) is 0.916. The van der Waals surface area contributed by atoms with E-state index in [-0.39, 0.29) is 12.6 Å². The van der Waals surface area contributed by atoms with Crippen molar-refractivity contribution in [2.75, 3.05) is 6.79 Å². The number of benzene rings is 1. The van der Waals surface area contributed by atoms with Crippen LogP contribution in [0.25, 0.3) is 0 Å². The topological polar surface area (TPSA) is 35.5 Å². The van der Waals surface area contributed by atoms with Crippen LogP contribution < -0.4 is 9.47 Å². The highest BCUT2D eigenvalue weighted by molar-refractivity contribution is 5.90. The Hall–Kier alpha value is -1.77. The summed E-state index contributed by atoms with van der Waals surface area (Å²) < 4.78 is 10.4. The van der Waals surface area contributed by atoms with Gasteiger partial charge in [0.25, 0.3) is 0 Å². The molecular weight excluding hydrogens is 180 g/mol. The number of ether oxygens (including phenoxy) is 2. The van der Waals surface area contributed by atoms with Gasteiger partial charge in [-0.2, -0.15) is 0 Å². The molecule has 0 saturated heterocycles. The van der Waals surface area contributed by atoms with Crippen molar-refractivity contribution in [2.24, 2.45) is 0 Å². The van der Waals surface area contributed by atoms with Gasteiger partial charge in [0.1, 0.15) is 0 Å². The molecule has 0 amide bonds. The molecule has 3 nitrogen and oxygen atoms in total. The Morgan fingerprint density at radius 1 is 1.43 bits per heavy atom. The van der Waals surface area contributed by atoms with Crippen LogP contribution >= 0.6 is 0 Å². The van der Waals surface area contributed by atoms with E-state index in [0.717, 1.165) is 11.3 Å². The van der Waals surface area contributed by atoms with E-state index in [1.54, 1.807) is 0 Å². The molecular formula is C11H10O3. The number of carbonyl (C=O) groups excluding carboxylic acids is 1. The highest BCUT2D eigenvalue weighted by Crippen LogP contribution is 2.32. The molecule has 0 bridgehead atoms. The number of allylic oxidation sites excluding steroid dienone is 1. The van der Waals surface area contributed by atoms with Crippen LogP contribution in [0.3, 0.4) is 0 Å². The van der Waals surface area contributed by atoms with Crippen molar-refractivity contribution in [1.29, 1.82) is 0 Å². The minimum absolute atomic E-state index is 0.00358. The lowest BCUT2D eigenvalue weighted by Crippen LogP contribution is -1.97. The third-order valence-corrected chi connectivity index (χ3v) is 2.04. The third-order valence-electron chi connectivity index (χ3n) is 2.04. The van der Waals surface area contributed by atoms with Gasteiger partial charge < -0.3 is 9.47 Å². The van der Waals surface area contributed by atoms with E-state index in [1.165, 1.54) is 6.08 Å². The van der Waals surface area contributed by atoms with Gasteiger partial charge in [-0.3, -0.25) is 4.79 Å². The van der Waals surface area contributed by atoms with Crippen molar-refractivity contribution in [2.45, 2.75) is 6.42 Å². The van der Waals surface area contributed by atoms with E-state index in [0.29, 0.717) is 12.2 Å². The maximum atomic E-state index is 11.1. The summed E-state index contributed by atoms with van der Waals surface area (Å²) in [7, 11) is 0. The predicted molar refractivity (Wildman–Crippen MR) is 51.5 cm³/mol. The molecule has 0 aromatic heterocycles. The first-order valence-electron chi connectivity index (χ1n) is 4.33. The van der Waals surface area contributed by atoms with E-state index < -0.39 is 0 Å². The highest BCUT2D eigenvalue weighted by atomic mass is 16.7. The maximum absolute atomic E-state index is 11.1. The molecule has 0 unspecified atom stereocenters. The van der Waals surface area contributed by atoms with Crippen LogP contribution in [0.5, 0.6) is 11.5 Å². The monoisotopic (exact) mass is 190 g/mol. The summed E-state index contributed by atoms with van der Waals surface area (Å²) >= 11 is 0. The minimum Gasteiger partial charge on any atom is -0.454 e. The Labute approximate surface area is 81.9 Å². The number of hydrogen-bond donors (Lipinski definition) is 0. The SMILES string of the molecule is C=CC(=O)Cc1ccc2c(c1)OCO2. The zero-order chi connectivity index (χ0) is 9.97. The lowest BCUT2D eigenvalue weighted by Gasteiger charge is -1.99. The average molecular weight is 190 g/mol. The summed E-state index contributed by atoms with van der Waals surface area (Å²) in [6.45, 7) is 3.68. The standard InChI is InChI=1S/C11H10O3/c1-2-9(12)5-8-3-4-10-11(6-8)14-7-13-10/h2-4,6H,1,5,7H2. The van der Waals surface area contributed by atoms with E-state index in [1.807, 2.05) is 18.2 Å². The van der Waals surface area contributed by atoms with Crippen LogP contribution in [0.15, 0.2) is 30.9 Å². The molecule has 1 heterocycles. The predicted octanol–water partition coefficient (Wildman–Crippen LogP) is 1.71. The molecule has 14 heavy (non-hydrogen) atoms. The largest absolute Gasteiger partial charge is 0.454 e. The summed E-state index contributed by atoms with van der Waals surface area (Å²) in [6, 6.07) is 5.49. The first-order chi connectivity index (χ1) is 6.79. The Balaban J connectivity index is 2.20. The fraction of sp³-hybridized carbons (Fsp3) is 0.182. The van der Waals surface area contributed by atoms with E-state index in [4.69, 9.17) is 9.47 Å². The molecule has 2 rings (SSSR count). The first-order valence-corrected chi connectivity index (χ1v) is 4.33. The zero-order valence-electron chi connectivity index (χ0n) is 7.66. The number of fused-ring (bicyclic) bond motifs is 1. The van der Waals surface area contributed by atoms with Crippen molar-refractivity contribution in [1.82, 2.24) is 0 Å². The Kier molecular flexibility index (Phi) is 2.23. The van der Waals surface area contributed by atoms with Gasteiger partial charge in [-0.05, 0) is 23.8 Å². The fourth-order valence-corrected chi connectivity index (χ4v) is 1.32. The molecule has 0 aliphatic carbocycles. The normalized spacial score (nSPS) is 12.6. The second-order valence-electron chi connectivity index (χ2n) is 3.03. The number of rotatable bonds is 3. The van der Waals surface area contributed by atoms with E-state index >= 15 is 0 Å². The van der Waals surface area contributed by atoms with Gasteiger partial charge in [-0.15, -0.1) is 0 Å². The van der Waals surface area contributed by atoms with Gasteiger partial charge >= 0.3 is 0 Å². The second kappa shape index (κ2) is 3.54. The molecule has 0 radical (unpaired) electrons. The number of hydrogen-bond acceptors (Lipinski definition) is 3. The first kappa shape index (κ1) is 8.81. The van der Waals surface area contributed by atoms with Gasteiger partial charge in [0.15, 0.2) is 17.3 Å². The van der Waals surface area contributed by atoms with Crippen LogP contribution in [0.4, 0.5) is 0 Å². The quantitative estimate of drug-likeness (QED) is 0.681. The highest BCUT2D eigenvalue weighted by Gasteiger charge is 2.13. The Morgan fingerprint density at radius 3 is 3.00 bits per heavy atom. The van der Waals surface area contributed by atoms with Crippen LogP contribution in [0.1, 0.15) is 5.56 Å². The van der Waals surface area contributed by atoms with Gasteiger partial charge in [0.05, 0.1) is 0 Å². The van der Waals surface area contributed by atoms with Crippen LogP contribution in [0.2, 0.25) is 0 Å². The molecule has 1 aliphatic rings. The lowest BCUT2D eigenvalue weighted by atomic mass is 10.1. The van der Waals surface area contributed by atoms with Crippen LogP contribution in [-0.2, 0) is 11.2 Å². The molecule has 72 valence electrons. The van der Waals surface area contributed by atoms with Crippen molar-refractivity contribution < 1.29 is 14.3 Å². The zero-order valence-corrected chi connectivity index (χ0v) is 7.66. The molecule has 1 aromatic carbocycles. The fourth-order valence-electron chi connectivity index (χ4n) is 1.32. The second-order valence-corrected chi connectivity index (χ2v) is 3.03. The van der Waals surface area contributed by atoms with Gasteiger partial charge in [-0.1, -0.05) is 12.6 Å². The summed E-state index contributed by atoms with van der Waals surface area (Å²) in [5.74, 6) is 1.45. The summed E-state index contributed by atoms with van der Waals surface area (Å²) in [5, 5.41) is 0. The minimum atomic E-state index is 0.00358. The van der Waals surface area contributed by atoms with Crippen molar-refractivity contribution in [3.8, 4) is 11.5 Å². The molecule has 3 heteroatoms. The molecule has 0 spiro atoms. The summed E-state index contributed by atoms with van der Waals surface area (Å²) in [6.07, 6.45) is 1.69. The van der Waals surface area contributed by atoms with E-state index in [9.17, 15) is 4.79 Å². The molecule has 0 fully saturated rings. The molecule has 0 N–H and O–H groups in total. The van der Waals surface area contributed by atoms with Crippen molar-refractivity contribution in [3.05, 3.63) is 36.4 Å². The smallest absolute Gasteiger partial charge is 0.231 e. The number of ketones is 1. The van der Waals surface area contributed by atoms with Gasteiger partial charge in [0, 0.05) is 6.42 Å².